The van der Waals surface area contributed by atoms with Gasteiger partial charge in [0.15, 0.2) is 0 Å². The van der Waals surface area contributed by atoms with Gasteiger partial charge in [0.2, 0.25) is 0 Å². The maximum Gasteiger partial charge on any atom is 0.416 e. The number of benzene rings is 1. The first kappa shape index (κ1) is 17.1. The number of hydrogen-bond donors (Lipinski definition) is 0. The van der Waals surface area contributed by atoms with Crippen LogP contribution < -0.4 is 0 Å². The molecule has 2 rings (SSSR count). The second kappa shape index (κ2) is 6.87. The summed E-state index contributed by atoms with van der Waals surface area (Å²) < 4.78 is 38.9. The van der Waals surface area contributed by atoms with Gasteiger partial charge in [0.1, 0.15) is 0 Å². The van der Waals surface area contributed by atoms with Gasteiger partial charge in [-0.3, -0.25) is 4.90 Å². The molecule has 0 N–H and O–H groups in total. The molecule has 0 amide bonds. The fourth-order valence-electron chi connectivity index (χ4n) is 2.68. The van der Waals surface area contributed by atoms with Crippen LogP contribution in [0.5, 0.6) is 0 Å². The molecule has 1 heterocycles. The molecule has 1 aliphatic rings. The van der Waals surface area contributed by atoms with E-state index >= 15 is 0 Å². The fraction of sp³-hybridized carbons (Fsp3) is 0.533. The average Bonchev–Trinajstić information content (AvgIpc) is 2.86. The van der Waals surface area contributed by atoms with Crippen molar-refractivity contribution in [3.05, 3.63) is 29.3 Å². The molecule has 1 atom stereocenters. The Kier molecular flexibility index (Phi) is 5.34. The first-order valence-electron chi connectivity index (χ1n) is 6.97. The van der Waals surface area contributed by atoms with E-state index in [4.69, 9.17) is 0 Å². The van der Waals surface area contributed by atoms with Crippen molar-refractivity contribution in [2.24, 2.45) is 4.99 Å². The van der Waals surface area contributed by atoms with Gasteiger partial charge in [-0.2, -0.15) is 18.2 Å². The second-order valence-electron chi connectivity index (χ2n) is 5.73. The number of alkyl halides is 3. The molecule has 7 heteroatoms. The van der Waals surface area contributed by atoms with Crippen molar-refractivity contribution >= 4 is 23.1 Å². The lowest BCUT2D eigenvalue weighted by molar-refractivity contribution is -0.137. The van der Waals surface area contributed by atoms with E-state index in [2.05, 4.69) is 32.2 Å². The highest BCUT2D eigenvalue weighted by molar-refractivity contribution is 7.78. The molecule has 3 nitrogen and oxygen atoms in total. The fourth-order valence-corrected chi connectivity index (χ4v) is 2.79. The first-order chi connectivity index (χ1) is 10.3. The summed E-state index contributed by atoms with van der Waals surface area (Å²) in [6.45, 7) is 2.22. The smallest absolute Gasteiger partial charge is 0.305 e. The Morgan fingerprint density at radius 2 is 2.09 bits per heavy atom. The Bertz CT molecular complexity index is 580. The number of aliphatic imine (C=N–C) groups is 1. The molecule has 0 unspecified atom stereocenters. The summed E-state index contributed by atoms with van der Waals surface area (Å²) in [5.41, 5.74) is 0.0961. The zero-order valence-corrected chi connectivity index (χ0v) is 13.3. The summed E-state index contributed by atoms with van der Waals surface area (Å²) in [5, 5.41) is 2.13. The molecule has 1 fully saturated rings. The molecule has 0 radical (unpaired) electrons. The third-order valence-electron chi connectivity index (χ3n) is 3.86. The molecule has 0 aromatic heterocycles. The van der Waals surface area contributed by atoms with E-state index in [1.807, 2.05) is 14.1 Å². The molecule has 0 saturated carbocycles. The Morgan fingerprint density at radius 3 is 2.64 bits per heavy atom. The van der Waals surface area contributed by atoms with Crippen LogP contribution in [-0.2, 0) is 12.7 Å². The van der Waals surface area contributed by atoms with Crippen LogP contribution in [0.15, 0.2) is 23.2 Å². The lowest BCUT2D eigenvalue weighted by atomic mass is 10.1. The molecule has 1 aromatic carbocycles. The molecule has 0 aliphatic carbocycles. The van der Waals surface area contributed by atoms with Crippen LogP contribution in [0.25, 0.3) is 0 Å². The lowest BCUT2D eigenvalue weighted by Crippen LogP contribution is -2.31. The third-order valence-corrected chi connectivity index (χ3v) is 3.95. The van der Waals surface area contributed by atoms with E-state index in [1.165, 1.54) is 6.07 Å². The Balaban J connectivity index is 2.20. The van der Waals surface area contributed by atoms with Crippen molar-refractivity contribution in [1.82, 2.24) is 9.80 Å². The van der Waals surface area contributed by atoms with E-state index in [0.717, 1.165) is 25.6 Å². The minimum atomic E-state index is -4.39. The van der Waals surface area contributed by atoms with Crippen molar-refractivity contribution in [3.8, 4) is 0 Å². The van der Waals surface area contributed by atoms with E-state index in [9.17, 15) is 13.2 Å². The van der Waals surface area contributed by atoms with Gasteiger partial charge in [0, 0.05) is 25.7 Å². The zero-order chi connectivity index (χ0) is 16.3. The Hall–Kier alpha value is -1.27. The molecular weight excluding hydrogens is 311 g/mol. The van der Waals surface area contributed by atoms with Crippen LogP contribution in [0.3, 0.4) is 0 Å². The van der Waals surface area contributed by atoms with Crippen LogP contribution in [-0.4, -0.2) is 48.2 Å². The van der Waals surface area contributed by atoms with Crippen molar-refractivity contribution in [3.63, 3.8) is 0 Å². The summed E-state index contributed by atoms with van der Waals surface area (Å²) in [6.07, 6.45) is -3.37. The van der Waals surface area contributed by atoms with E-state index < -0.39 is 11.7 Å². The molecule has 0 bridgehead atoms. The normalized spacial score (nSPS) is 19.5. The van der Waals surface area contributed by atoms with Gasteiger partial charge in [0.05, 0.1) is 16.4 Å². The SMILES string of the molecule is CN(C)[C@@H]1CCN(Cc2cc(N=C=S)cc(C(F)(F)F)c2)C1. The van der Waals surface area contributed by atoms with Crippen LogP contribution in [0.1, 0.15) is 17.5 Å². The van der Waals surface area contributed by atoms with Crippen LogP contribution in [0.2, 0.25) is 0 Å². The predicted molar refractivity (Wildman–Crippen MR) is 83.5 cm³/mol. The molecule has 22 heavy (non-hydrogen) atoms. The van der Waals surface area contributed by atoms with Crippen molar-refractivity contribution in [2.45, 2.75) is 25.2 Å². The topological polar surface area (TPSA) is 18.8 Å². The standard InChI is InChI=1S/C15H18F3N3S/c1-20(2)14-3-4-21(9-14)8-11-5-12(15(16,17)18)7-13(6-11)19-10-22/h5-7,14H,3-4,8-9H2,1-2H3/t14-/m1/s1. The molecule has 1 saturated heterocycles. The Labute approximate surface area is 133 Å². The van der Waals surface area contributed by atoms with Gasteiger partial charge in [-0.25, -0.2) is 0 Å². The van der Waals surface area contributed by atoms with Crippen molar-refractivity contribution in [1.29, 1.82) is 0 Å². The number of hydrogen-bond acceptors (Lipinski definition) is 4. The number of likely N-dealkylation sites (tertiary alicyclic amines) is 1. The van der Waals surface area contributed by atoms with Crippen molar-refractivity contribution in [2.75, 3.05) is 27.2 Å². The van der Waals surface area contributed by atoms with Gasteiger partial charge in [-0.15, -0.1) is 0 Å². The number of nitrogens with zero attached hydrogens (tertiary/aromatic N) is 3. The van der Waals surface area contributed by atoms with Gasteiger partial charge >= 0.3 is 6.18 Å². The summed E-state index contributed by atoms with van der Waals surface area (Å²) in [6, 6.07) is 4.27. The van der Waals surface area contributed by atoms with Gasteiger partial charge < -0.3 is 4.90 Å². The number of thiocarbonyl (C=S) groups is 1. The largest absolute Gasteiger partial charge is 0.416 e. The Morgan fingerprint density at radius 1 is 1.36 bits per heavy atom. The second-order valence-corrected chi connectivity index (χ2v) is 5.91. The highest BCUT2D eigenvalue weighted by Gasteiger charge is 2.31. The van der Waals surface area contributed by atoms with E-state index in [-0.39, 0.29) is 5.69 Å². The van der Waals surface area contributed by atoms with Gasteiger partial charge in [-0.1, -0.05) is 0 Å². The average molecular weight is 329 g/mol. The summed E-state index contributed by atoms with van der Waals surface area (Å²) in [7, 11) is 4.04. The molecular formula is C15H18F3N3S. The predicted octanol–water partition coefficient (Wildman–Crippen LogP) is 3.58. The number of likely N-dealkylation sites (N-methyl/N-ethyl adjacent to an activating group) is 1. The van der Waals surface area contributed by atoms with Gasteiger partial charge in [0.25, 0.3) is 0 Å². The molecule has 120 valence electrons. The lowest BCUT2D eigenvalue weighted by Gasteiger charge is -2.20. The minimum Gasteiger partial charge on any atom is -0.305 e. The summed E-state index contributed by atoms with van der Waals surface area (Å²) in [4.78, 5) is 8.00. The molecule has 0 spiro atoms. The monoisotopic (exact) mass is 329 g/mol. The zero-order valence-electron chi connectivity index (χ0n) is 12.5. The summed E-state index contributed by atoms with van der Waals surface area (Å²) >= 11 is 4.49. The molecule has 1 aliphatic heterocycles. The first-order valence-corrected chi connectivity index (χ1v) is 7.38. The quantitative estimate of drug-likeness (QED) is 0.622. The van der Waals surface area contributed by atoms with Crippen LogP contribution in [0, 0.1) is 0 Å². The third kappa shape index (κ3) is 4.36. The highest BCUT2D eigenvalue weighted by atomic mass is 32.1. The van der Waals surface area contributed by atoms with Gasteiger partial charge in [-0.05, 0) is 56.5 Å². The highest BCUT2D eigenvalue weighted by Crippen LogP contribution is 2.33. The molecule has 1 aromatic rings. The maximum atomic E-state index is 13.0. The maximum absolute atomic E-state index is 13.0. The van der Waals surface area contributed by atoms with Crippen molar-refractivity contribution < 1.29 is 13.2 Å². The van der Waals surface area contributed by atoms with E-state index in [1.54, 1.807) is 6.07 Å². The van der Waals surface area contributed by atoms with E-state index in [0.29, 0.717) is 18.2 Å². The number of rotatable bonds is 4. The van der Waals surface area contributed by atoms with Crippen LogP contribution >= 0.6 is 12.2 Å². The summed E-state index contributed by atoms with van der Waals surface area (Å²) in [5.74, 6) is 0. The number of isothiocyanates is 1. The van der Waals surface area contributed by atoms with Crippen LogP contribution in [0.4, 0.5) is 18.9 Å². The number of halogens is 3. The minimum absolute atomic E-state index is 0.197.